The van der Waals surface area contributed by atoms with Crippen LogP contribution in [-0.4, -0.2) is 25.3 Å². The monoisotopic (exact) mass is 169 g/mol. The number of nitrogens with zero attached hydrogens (tertiary/aromatic N) is 1. The molecule has 0 aliphatic rings. The quantitative estimate of drug-likeness (QED) is 0.367. The Balaban J connectivity index is 0. The SMILES string of the molecule is CC.CC(/C=C\N(C)C)=C/C=O. The molecule has 0 unspecified atom stereocenters. The zero-order valence-corrected chi connectivity index (χ0v) is 8.66. The fourth-order valence-corrected chi connectivity index (χ4v) is 0.430. The summed E-state index contributed by atoms with van der Waals surface area (Å²) in [5, 5.41) is 0. The lowest BCUT2D eigenvalue weighted by molar-refractivity contribution is -0.104. The third-order valence-electron chi connectivity index (χ3n) is 0.967. The molecule has 0 rings (SSSR count). The topological polar surface area (TPSA) is 20.3 Å². The predicted molar refractivity (Wildman–Crippen MR) is 54.0 cm³/mol. The van der Waals surface area contributed by atoms with Gasteiger partial charge in [0.25, 0.3) is 0 Å². The minimum absolute atomic E-state index is 0.787. The van der Waals surface area contributed by atoms with Crippen molar-refractivity contribution in [2.45, 2.75) is 20.8 Å². The van der Waals surface area contributed by atoms with Crippen LogP contribution in [0.2, 0.25) is 0 Å². The number of hydrogen-bond donors (Lipinski definition) is 0. The normalized spacial score (nSPS) is 10.6. The van der Waals surface area contributed by atoms with Crippen LogP contribution in [0.15, 0.2) is 23.9 Å². The molecule has 2 nitrogen and oxygen atoms in total. The summed E-state index contributed by atoms with van der Waals surface area (Å²) in [5.74, 6) is 0. The lowest BCUT2D eigenvalue weighted by atomic mass is 10.3. The van der Waals surface area contributed by atoms with E-state index in [1.807, 2.05) is 52.0 Å². The highest BCUT2D eigenvalue weighted by molar-refractivity contribution is 5.66. The minimum Gasteiger partial charge on any atom is -0.383 e. The van der Waals surface area contributed by atoms with Gasteiger partial charge in [0.1, 0.15) is 6.29 Å². The van der Waals surface area contributed by atoms with Crippen LogP contribution in [0.25, 0.3) is 0 Å². The van der Waals surface area contributed by atoms with Gasteiger partial charge in [-0.3, -0.25) is 4.79 Å². The average molecular weight is 169 g/mol. The summed E-state index contributed by atoms with van der Waals surface area (Å²) < 4.78 is 0. The lowest BCUT2D eigenvalue weighted by Gasteiger charge is -2.02. The molecular formula is C10H19NO. The zero-order valence-electron chi connectivity index (χ0n) is 8.66. The van der Waals surface area contributed by atoms with Crippen LogP contribution >= 0.6 is 0 Å². The number of rotatable bonds is 3. The molecular weight excluding hydrogens is 150 g/mol. The van der Waals surface area contributed by atoms with Crippen molar-refractivity contribution < 1.29 is 4.79 Å². The fourth-order valence-electron chi connectivity index (χ4n) is 0.430. The molecule has 0 bridgehead atoms. The molecule has 0 saturated carbocycles. The second-order valence-electron chi connectivity index (χ2n) is 2.33. The summed E-state index contributed by atoms with van der Waals surface area (Å²) in [5.41, 5.74) is 0.962. The van der Waals surface area contributed by atoms with Crippen molar-refractivity contribution in [3.63, 3.8) is 0 Å². The summed E-state index contributed by atoms with van der Waals surface area (Å²) in [7, 11) is 3.87. The van der Waals surface area contributed by atoms with Crippen molar-refractivity contribution in [3.8, 4) is 0 Å². The Bertz CT molecular complexity index is 157. The smallest absolute Gasteiger partial charge is 0.143 e. The second kappa shape index (κ2) is 9.95. The van der Waals surface area contributed by atoms with Gasteiger partial charge in [0.15, 0.2) is 0 Å². The highest BCUT2D eigenvalue weighted by Gasteiger charge is 1.79. The van der Waals surface area contributed by atoms with Crippen LogP contribution in [0.5, 0.6) is 0 Å². The number of allylic oxidation sites excluding steroid dienone is 3. The van der Waals surface area contributed by atoms with Crippen LogP contribution in [0.1, 0.15) is 20.8 Å². The number of carbonyl (C=O) groups is 1. The van der Waals surface area contributed by atoms with Crippen LogP contribution in [-0.2, 0) is 4.79 Å². The first-order valence-electron chi connectivity index (χ1n) is 4.13. The van der Waals surface area contributed by atoms with Gasteiger partial charge in [-0.15, -0.1) is 0 Å². The van der Waals surface area contributed by atoms with Gasteiger partial charge in [-0.25, -0.2) is 0 Å². The maximum atomic E-state index is 9.94. The average Bonchev–Trinajstić information content (AvgIpc) is 2.05. The van der Waals surface area contributed by atoms with Crippen LogP contribution < -0.4 is 0 Å². The van der Waals surface area contributed by atoms with Gasteiger partial charge in [-0.05, 0) is 30.8 Å². The molecule has 0 amide bonds. The molecule has 2 heteroatoms. The molecule has 0 fully saturated rings. The summed E-state index contributed by atoms with van der Waals surface area (Å²) in [4.78, 5) is 11.9. The van der Waals surface area contributed by atoms with Crippen molar-refractivity contribution in [2.24, 2.45) is 0 Å². The molecule has 0 heterocycles. The highest BCUT2D eigenvalue weighted by atomic mass is 16.1. The first-order chi connectivity index (χ1) is 5.66. The first-order valence-corrected chi connectivity index (χ1v) is 4.13. The Hall–Kier alpha value is -1.05. The standard InChI is InChI=1S/C8H13NO.C2H6/c1-8(5-7-10)4-6-9(2)3;1-2/h4-7H,1-3H3;1-2H3/b6-4-,8-5-;. The Kier molecular flexibility index (Phi) is 11.2. The molecule has 70 valence electrons. The van der Waals surface area contributed by atoms with E-state index in [4.69, 9.17) is 0 Å². The van der Waals surface area contributed by atoms with Crippen molar-refractivity contribution in [3.05, 3.63) is 23.9 Å². The Morgan fingerprint density at radius 2 is 1.75 bits per heavy atom. The fraction of sp³-hybridized carbons (Fsp3) is 0.500. The van der Waals surface area contributed by atoms with Gasteiger partial charge in [0.05, 0.1) is 0 Å². The van der Waals surface area contributed by atoms with Gasteiger partial charge in [0.2, 0.25) is 0 Å². The molecule has 0 aromatic carbocycles. The largest absolute Gasteiger partial charge is 0.383 e. The van der Waals surface area contributed by atoms with Crippen molar-refractivity contribution in [1.29, 1.82) is 0 Å². The summed E-state index contributed by atoms with van der Waals surface area (Å²) >= 11 is 0. The van der Waals surface area contributed by atoms with E-state index in [1.165, 1.54) is 6.08 Å². The summed E-state index contributed by atoms with van der Waals surface area (Å²) in [6, 6.07) is 0. The van der Waals surface area contributed by atoms with Gasteiger partial charge in [-0.2, -0.15) is 0 Å². The Morgan fingerprint density at radius 1 is 1.25 bits per heavy atom. The summed E-state index contributed by atoms with van der Waals surface area (Å²) in [6.45, 7) is 5.88. The minimum atomic E-state index is 0.787. The number of aldehydes is 1. The molecule has 0 radical (unpaired) electrons. The lowest BCUT2D eigenvalue weighted by Crippen LogP contribution is -1.99. The van der Waals surface area contributed by atoms with E-state index in [0.717, 1.165) is 11.9 Å². The predicted octanol–water partition coefficient (Wildman–Crippen LogP) is 2.23. The second-order valence-corrected chi connectivity index (χ2v) is 2.33. The maximum absolute atomic E-state index is 9.94. The molecule has 0 atom stereocenters. The molecule has 12 heavy (non-hydrogen) atoms. The third kappa shape index (κ3) is 11.7. The van der Waals surface area contributed by atoms with E-state index in [0.29, 0.717) is 0 Å². The Labute approximate surface area is 75.6 Å². The van der Waals surface area contributed by atoms with Crippen LogP contribution in [0, 0.1) is 0 Å². The Morgan fingerprint density at radius 3 is 2.08 bits per heavy atom. The van der Waals surface area contributed by atoms with Crippen molar-refractivity contribution in [2.75, 3.05) is 14.1 Å². The molecule has 0 spiro atoms. The van der Waals surface area contributed by atoms with Gasteiger partial charge >= 0.3 is 0 Å². The van der Waals surface area contributed by atoms with E-state index in [9.17, 15) is 4.79 Å². The first kappa shape index (κ1) is 13.5. The van der Waals surface area contributed by atoms with Gasteiger partial charge in [0, 0.05) is 14.1 Å². The van der Waals surface area contributed by atoms with Crippen molar-refractivity contribution >= 4 is 6.29 Å². The highest BCUT2D eigenvalue weighted by Crippen LogP contribution is 1.92. The van der Waals surface area contributed by atoms with E-state index >= 15 is 0 Å². The summed E-state index contributed by atoms with van der Waals surface area (Å²) in [6.07, 6.45) is 6.10. The molecule has 0 aliphatic heterocycles. The molecule has 0 N–H and O–H groups in total. The molecule has 0 aliphatic carbocycles. The van der Waals surface area contributed by atoms with Gasteiger partial charge in [-0.1, -0.05) is 13.8 Å². The molecule has 0 aromatic rings. The van der Waals surface area contributed by atoms with Crippen LogP contribution in [0.4, 0.5) is 0 Å². The van der Waals surface area contributed by atoms with E-state index in [1.54, 1.807) is 0 Å². The number of carbonyl (C=O) groups excluding carboxylic acids is 1. The van der Waals surface area contributed by atoms with Crippen molar-refractivity contribution in [1.82, 2.24) is 4.90 Å². The molecule has 0 saturated heterocycles. The van der Waals surface area contributed by atoms with Crippen LogP contribution in [0.3, 0.4) is 0 Å². The zero-order chi connectivity index (χ0) is 9.98. The van der Waals surface area contributed by atoms with Gasteiger partial charge < -0.3 is 4.90 Å². The number of hydrogen-bond acceptors (Lipinski definition) is 2. The van der Waals surface area contributed by atoms with E-state index in [2.05, 4.69) is 0 Å². The maximum Gasteiger partial charge on any atom is 0.143 e. The van der Waals surface area contributed by atoms with E-state index < -0.39 is 0 Å². The molecule has 0 aromatic heterocycles. The van der Waals surface area contributed by atoms with E-state index in [-0.39, 0.29) is 0 Å². The third-order valence-corrected chi connectivity index (χ3v) is 0.967.